The van der Waals surface area contributed by atoms with Crippen molar-refractivity contribution in [1.82, 2.24) is 4.90 Å². The monoisotopic (exact) mass is 493 g/mol. The Balaban J connectivity index is 1.41. The first-order valence-corrected chi connectivity index (χ1v) is 13.1. The number of aryl methyl sites for hydroxylation is 2. The molecule has 1 aliphatic rings. The van der Waals surface area contributed by atoms with E-state index in [1.54, 1.807) is 6.07 Å². The highest BCUT2D eigenvalue weighted by molar-refractivity contribution is 7.13. The molecule has 186 valence electrons. The molecule has 1 aromatic carbocycles. The minimum atomic E-state index is -0.584. The van der Waals surface area contributed by atoms with Gasteiger partial charge in [0.05, 0.1) is 19.3 Å². The van der Waals surface area contributed by atoms with Crippen LogP contribution in [0.1, 0.15) is 59.1 Å². The van der Waals surface area contributed by atoms with Crippen molar-refractivity contribution < 1.29 is 19.4 Å². The number of carbonyl (C=O) groups excluding carboxylic acids is 2. The fourth-order valence-corrected chi connectivity index (χ4v) is 5.09. The van der Waals surface area contributed by atoms with Crippen LogP contribution in [-0.4, -0.2) is 47.7 Å². The highest BCUT2D eigenvalue weighted by atomic mass is 32.1. The van der Waals surface area contributed by atoms with E-state index < -0.39 is 6.10 Å². The van der Waals surface area contributed by atoms with Crippen molar-refractivity contribution in [2.75, 3.05) is 13.7 Å². The summed E-state index contributed by atoms with van der Waals surface area (Å²) in [5.74, 6) is 6.29. The van der Waals surface area contributed by atoms with Gasteiger partial charge in [-0.05, 0) is 49.3 Å². The molecule has 0 radical (unpaired) electrons. The minimum Gasteiger partial charge on any atom is -0.465 e. The van der Waals surface area contributed by atoms with Gasteiger partial charge in [-0.15, -0.1) is 23.2 Å². The van der Waals surface area contributed by atoms with Gasteiger partial charge in [-0.25, -0.2) is 4.79 Å². The van der Waals surface area contributed by atoms with Crippen LogP contribution in [0.4, 0.5) is 0 Å². The van der Waals surface area contributed by atoms with E-state index in [9.17, 15) is 14.7 Å². The van der Waals surface area contributed by atoms with E-state index in [-0.39, 0.29) is 23.8 Å². The van der Waals surface area contributed by atoms with Gasteiger partial charge in [0.2, 0.25) is 5.91 Å². The maximum atomic E-state index is 12.4. The van der Waals surface area contributed by atoms with E-state index >= 15 is 0 Å². The summed E-state index contributed by atoms with van der Waals surface area (Å²) in [4.78, 5) is 27.6. The van der Waals surface area contributed by atoms with Crippen molar-refractivity contribution in [3.8, 4) is 11.8 Å². The van der Waals surface area contributed by atoms with E-state index in [2.05, 4.69) is 24.0 Å². The number of amides is 1. The van der Waals surface area contributed by atoms with Gasteiger partial charge in [-0.3, -0.25) is 4.79 Å². The Morgan fingerprint density at radius 2 is 2.03 bits per heavy atom. The van der Waals surface area contributed by atoms with Gasteiger partial charge in [0.1, 0.15) is 4.88 Å². The second-order valence-electron chi connectivity index (χ2n) is 8.95. The average molecular weight is 494 g/mol. The summed E-state index contributed by atoms with van der Waals surface area (Å²) in [5, 5.41) is 10.6. The van der Waals surface area contributed by atoms with Crippen molar-refractivity contribution >= 4 is 23.2 Å². The molecule has 2 aromatic rings. The molecule has 6 heteroatoms. The van der Waals surface area contributed by atoms with E-state index in [1.807, 2.05) is 48.2 Å². The number of hydrogen-bond acceptors (Lipinski definition) is 5. The molecule has 0 unspecified atom stereocenters. The lowest BCUT2D eigenvalue weighted by atomic mass is 9.99. The Labute approximate surface area is 212 Å². The third-order valence-corrected chi connectivity index (χ3v) is 7.41. The van der Waals surface area contributed by atoms with Crippen molar-refractivity contribution in [1.29, 1.82) is 0 Å². The van der Waals surface area contributed by atoms with Crippen LogP contribution in [0.3, 0.4) is 0 Å². The topological polar surface area (TPSA) is 66.8 Å². The summed E-state index contributed by atoms with van der Waals surface area (Å²) in [5.41, 5.74) is 1.29. The first-order chi connectivity index (χ1) is 17.0. The standard InChI is InChI=1S/C29H35NO4S/c1-22(10-5-3-6-11-23-12-7-4-8-13-23)26(31)18-15-24-16-20-28(32)30(24)21-9-14-25-17-19-27(35-25)29(33)34-2/h4,7-8,12-13,15,17-19,22,24,26,31H,6,9-11,14,16,20-21H2,1-2H3/t22-,24+,26-/m1/s1. The molecule has 0 saturated carbocycles. The van der Waals surface area contributed by atoms with E-state index in [4.69, 9.17) is 4.74 Å². The van der Waals surface area contributed by atoms with Gasteiger partial charge in [0, 0.05) is 30.7 Å². The quantitative estimate of drug-likeness (QED) is 0.271. The molecular weight excluding hydrogens is 458 g/mol. The fraction of sp³-hybridized carbons (Fsp3) is 0.448. The van der Waals surface area contributed by atoms with Gasteiger partial charge in [0.15, 0.2) is 0 Å². The zero-order valence-corrected chi connectivity index (χ0v) is 21.4. The number of hydrogen-bond donors (Lipinski definition) is 1. The summed E-state index contributed by atoms with van der Waals surface area (Å²) in [6.45, 7) is 2.67. The highest BCUT2D eigenvalue weighted by Gasteiger charge is 2.28. The van der Waals surface area contributed by atoms with Gasteiger partial charge >= 0.3 is 5.97 Å². The first kappa shape index (κ1) is 26.7. The second-order valence-corrected chi connectivity index (χ2v) is 10.1. The molecular formula is C29H35NO4S. The van der Waals surface area contributed by atoms with Gasteiger partial charge in [0.25, 0.3) is 0 Å². The predicted octanol–water partition coefficient (Wildman–Crippen LogP) is 5.04. The van der Waals surface area contributed by atoms with E-state index in [0.717, 1.165) is 37.0 Å². The lowest BCUT2D eigenvalue weighted by Crippen LogP contribution is -2.33. The number of nitrogens with zero attached hydrogens (tertiary/aromatic N) is 1. The predicted molar refractivity (Wildman–Crippen MR) is 140 cm³/mol. The average Bonchev–Trinajstić information content (AvgIpc) is 3.49. The third-order valence-electron chi connectivity index (χ3n) is 6.29. The Morgan fingerprint density at radius 1 is 1.23 bits per heavy atom. The number of likely N-dealkylation sites (tertiary alicyclic amines) is 1. The maximum absolute atomic E-state index is 12.4. The summed E-state index contributed by atoms with van der Waals surface area (Å²) in [6, 6.07) is 14.1. The molecule has 0 bridgehead atoms. The number of thiophene rings is 1. The second kappa shape index (κ2) is 13.9. The molecule has 5 nitrogen and oxygen atoms in total. The molecule has 0 aliphatic carbocycles. The Kier molecular flexibility index (Phi) is 10.6. The number of aliphatic hydroxyl groups excluding tert-OH is 1. The van der Waals surface area contributed by atoms with Gasteiger partial charge < -0.3 is 14.7 Å². The Hall–Kier alpha value is -2.88. The molecule has 35 heavy (non-hydrogen) atoms. The van der Waals surface area contributed by atoms with Crippen LogP contribution in [0.15, 0.2) is 54.6 Å². The lowest BCUT2D eigenvalue weighted by Gasteiger charge is -2.23. The van der Waals surface area contributed by atoms with Crippen LogP contribution in [0.2, 0.25) is 0 Å². The number of benzene rings is 1. The van der Waals surface area contributed by atoms with Crippen LogP contribution >= 0.6 is 11.3 Å². The van der Waals surface area contributed by atoms with E-state index in [1.165, 1.54) is 24.0 Å². The first-order valence-electron chi connectivity index (χ1n) is 12.3. The number of carbonyl (C=O) groups is 2. The molecule has 1 N–H and O–H groups in total. The van der Waals surface area contributed by atoms with Crippen LogP contribution in [0.25, 0.3) is 0 Å². The molecule has 1 amide bonds. The molecule has 1 fully saturated rings. The normalized spacial score (nSPS) is 17.3. The summed E-state index contributed by atoms with van der Waals surface area (Å²) in [6.07, 6.45) is 8.58. The Bertz CT molecular complexity index is 1050. The van der Waals surface area contributed by atoms with Gasteiger partial charge in [-0.2, -0.15) is 0 Å². The molecule has 1 aliphatic heterocycles. The Morgan fingerprint density at radius 3 is 2.80 bits per heavy atom. The molecule has 0 spiro atoms. The summed E-state index contributed by atoms with van der Waals surface area (Å²) < 4.78 is 4.76. The third kappa shape index (κ3) is 8.38. The zero-order chi connectivity index (χ0) is 25.0. The summed E-state index contributed by atoms with van der Waals surface area (Å²) >= 11 is 1.44. The lowest BCUT2D eigenvalue weighted by molar-refractivity contribution is -0.128. The number of aliphatic hydroxyl groups is 1. The summed E-state index contributed by atoms with van der Waals surface area (Å²) in [7, 11) is 1.38. The molecule has 2 heterocycles. The molecule has 3 atom stereocenters. The largest absolute Gasteiger partial charge is 0.465 e. The number of ether oxygens (including phenoxy) is 1. The molecule has 1 saturated heterocycles. The maximum Gasteiger partial charge on any atom is 0.348 e. The minimum absolute atomic E-state index is 0.0234. The van der Waals surface area contributed by atoms with Crippen LogP contribution in [-0.2, 0) is 22.4 Å². The number of rotatable bonds is 11. The zero-order valence-electron chi connectivity index (χ0n) is 20.6. The van der Waals surface area contributed by atoms with Crippen molar-refractivity contribution in [2.45, 2.75) is 64.0 Å². The molecule has 3 rings (SSSR count). The van der Waals surface area contributed by atoms with Gasteiger partial charge in [-0.1, -0.05) is 49.4 Å². The number of methoxy groups -OCH3 is 1. The molecule has 1 aromatic heterocycles. The van der Waals surface area contributed by atoms with Crippen molar-refractivity contribution in [3.05, 3.63) is 69.9 Å². The van der Waals surface area contributed by atoms with E-state index in [0.29, 0.717) is 24.3 Å². The van der Waals surface area contributed by atoms with Crippen LogP contribution < -0.4 is 0 Å². The SMILES string of the molecule is COC(=O)c1ccc(CCCN2C(=O)CC[C@@H]2C=C[C@@H](O)[C@H](C)CC#CCCc2ccccc2)s1. The number of esters is 1. The van der Waals surface area contributed by atoms with Crippen molar-refractivity contribution in [2.24, 2.45) is 5.92 Å². The van der Waals surface area contributed by atoms with Crippen molar-refractivity contribution in [3.63, 3.8) is 0 Å². The smallest absolute Gasteiger partial charge is 0.348 e. The van der Waals surface area contributed by atoms with Crippen LogP contribution in [0.5, 0.6) is 0 Å². The fourth-order valence-electron chi connectivity index (χ4n) is 4.12. The van der Waals surface area contributed by atoms with Crippen LogP contribution in [0, 0.1) is 17.8 Å². The highest BCUT2D eigenvalue weighted by Crippen LogP contribution is 2.23.